The molecule has 0 saturated carbocycles. The summed E-state index contributed by atoms with van der Waals surface area (Å²) in [4.78, 5) is 0. The van der Waals surface area contributed by atoms with Gasteiger partial charge in [-0.05, 0) is 0 Å². The zero-order valence-electron chi connectivity index (χ0n) is 13.8. The van der Waals surface area contributed by atoms with E-state index in [4.69, 9.17) is 0 Å². The Morgan fingerprint density at radius 3 is 1.52 bits per heavy atom. The molecule has 0 spiro atoms. The average molecular weight is 578 g/mol. The van der Waals surface area contributed by atoms with Crippen molar-refractivity contribution in [1.29, 1.82) is 0 Å². The van der Waals surface area contributed by atoms with Crippen molar-refractivity contribution in [2.45, 2.75) is 21.1 Å². The molecule has 0 aliphatic heterocycles. The van der Waals surface area contributed by atoms with E-state index in [0.717, 1.165) is 0 Å². The van der Waals surface area contributed by atoms with E-state index in [1.165, 1.54) is 20.1 Å². The zero-order valence-corrected chi connectivity index (χ0v) is 20.9. The molecular formula is C20H16Br2Cl2Zr. The summed E-state index contributed by atoms with van der Waals surface area (Å²) in [5, 5.41) is 0. The second kappa shape index (κ2) is 8.57. The number of benzene rings is 2. The van der Waals surface area contributed by atoms with Crippen molar-refractivity contribution >= 4 is 44.0 Å². The standard InChI is InChI=1S/2C10H8Br.2ClH.Zr/c2*1-7-5-8-3-2-4-10(11)9(8)6-7;;;/h2*2-6H,1H3;2*1H;/q;;;;+2/p-2. The van der Waals surface area contributed by atoms with Crippen LogP contribution in [-0.2, 0) is 23.2 Å². The van der Waals surface area contributed by atoms with E-state index in [9.17, 15) is 0 Å². The normalized spacial score (nSPS) is 19.7. The third-order valence-electron chi connectivity index (χ3n) is 4.78. The molecule has 2 aromatic carbocycles. The Kier molecular flexibility index (Phi) is 7.42. The number of hydrogen-bond acceptors (Lipinski definition) is 0. The van der Waals surface area contributed by atoms with Gasteiger partial charge in [-0.2, -0.15) is 0 Å². The van der Waals surface area contributed by atoms with Crippen molar-refractivity contribution in [1.82, 2.24) is 0 Å². The molecule has 0 amide bonds. The topological polar surface area (TPSA) is 0 Å². The minimum atomic E-state index is -0.696. The monoisotopic (exact) mass is 574 g/mol. The van der Waals surface area contributed by atoms with E-state index < -0.39 is 23.2 Å². The summed E-state index contributed by atoms with van der Waals surface area (Å²) in [5.74, 6) is 0. The van der Waals surface area contributed by atoms with E-state index in [1.807, 2.05) is 0 Å². The molecule has 25 heavy (non-hydrogen) atoms. The van der Waals surface area contributed by atoms with Gasteiger partial charge in [-0.25, -0.2) is 0 Å². The van der Waals surface area contributed by atoms with Crippen LogP contribution >= 0.6 is 31.9 Å². The van der Waals surface area contributed by atoms with Gasteiger partial charge < -0.3 is 24.8 Å². The van der Waals surface area contributed by atoms with E-state index in [1.54, 1.807) is 22.3 Å². The van der Waals surface area contributed by atoms with Gasteiger partial charge in [0, 0.05) is 0 Å². The van der Waals surface area contributed by atoms with Gasteiger partial charge in [-0.3, -0.25) is 0 Å². The van der Waals surface area contributed by atoms with Gasteiger partial charge >= 0.3 is 167 Å². The first-order valence-corrected chi connectivity index (χ1v) is 12.2. The number of rotatable bonds is 2. The summed E-state index contributed by atoms with van der Waals surface area (Å²) in [7, 11) is 0. The summed E-state index contributed by atoms with van der Waals surface area (Å²) in [6, 6.07) is 13.3. The summed E-state index contributed by atoms with van der Waals surface area (Å²) < 4.78 is 3.84. The first-order valence-electron chi connectivity index (χ1n) is 7.75. The fourth-order valence-electron chi connectivity index (χ4n) is 3.64. The number of halogens is 4. The molecule has 0 aromatic heterocycles. The van der Waals surface area contributed by atoms with Gasteiger partial charge in [0.2, 0.25) is 0 Å². The Hall–Kier alpha value is 0.343. The number of hydrogen-bond donors (Lipinski definition) is 0. The van der Waals surface area contributed by atoms with Crippen LogP contribution in [0.1, 0.15) is 43.4 Å². The third-order valence-corrected chi connectivity index (χ3v) is 11.6. The van der Waals surface area contributed by atoms with Crippen molar-refractivity contribution in [2.24, 2.45) is 0 Å². The summed E-state index contributed by atoms with van der Waals surface area (Å²) in [6.45, 7) is 4.63. The fraction of sp³-hybridized carbons (Fsp3) is 0.200. The molecule has 0 radical (unpaired) electrons. The third kappa shape index (κ3) is 3.83. The van der Waals surface area contributed by atoms with Crippen LogP contribution in [0.5, 0.6) is 0 Å². The molecule has 0 N–H and O–H groups in total. The predicted molar refractivity (Wildman–Crippen MR) is 101 cm³/mol. The number of allylic oxidation sites excluding steroid dienone is 2. The average Bonchev–Trinajstić information content (AvgIpc) is 3.01. The maximum absolute atomic E-state index is 3.72. The summed E-state index contributed by atoms with van der Waals surface area (Å²) >= 11 is 6.74. The Morgan fingerprint density at radius 1 is 0.720 bits per heavy atom. The van der Waals surface area contributed by atoms with Gasteiger partial charge in [0.25, 0.3) is 0 Å². The van der Waals surface area contributed by atoms with E-state index in [-0.39, 0.29) is 24.8 Å². The second-order valence-corrected chi connectivity index (χ2v) is 11.7. The van der Waals surface area contributed by atoms with Crippen LogP contribution in [0.15, 0.2) is 56.5 Å². The molecule has 2 unspecified atom stereocenters. The Morgan fingerprint density at radius 2 is 1.12 bits per heavy atom. The molecule has 4 rings (SSSR count). The van der Waals surface area contributed by atoms with E-state index >= 15 is 0 Å². The molecule has 2 aliphatic rings. The van der Waals surface area contributed by atoms with Gasteiger partial charge in [0.1, 0.15) is 0 Å². The smallest absolute Gasteiger partial charge is 1.00 e. The molecule has 0 nitrogen and oxygen atoms in total. The largest absolute Gasteiger partial charge is 1.00 e. The second-order valence-electron chi connectivity index (χ2n) is 6.29. The predicted octanol–water partition coefficient (Wildman–Crippen LogP) is 0.918. The Bertz CT molecular complexity index is 802. The Labute approximate surface area is 190 Å². The maximum Gasteiger partial charge on any atom is -1.00 e. The van der Waals surface area contributed by atoms with Crippen LogP contribution in [0.3, 0.4) is 0 Å². The van der Waals surface area contributed by atoms with Crippen molar-refractivity contribution in [2.75, 3.05) is 0 Å². The van der Waals surface area contributed by atoms with Crippen LogP contribution < -0.4 is 24.8 Å². The summed E-state index contributed by atoms with van der Waals surface area (Å²) in [5.41, 5.74) is 9.00. The van der Waals surface area contributed by atoms with Gasteiger partial charge in [0.05, 0.1) is 0 Å². The Balaban J connectivity index is 0.00000113. The van der Waals surface area contributed by atoms with Gasteiger partial charge in [-0.1, -0.05) is 0 Å². The van der Waals surface area contributed by atoms with Crippen molar-refractivity contribution < 1.29 is 48.0 Å². The van der Waals surface area contributed by atoms with E-state index in [2.05, 4.69) is 94.3 Å². The number of fused-ring (bicyclic) bond motifs is 2. The molecule has 0 fully saturated rings. The van der Waals surface area contributed by atoms with Gasteiger partial charge in [0.15, 0.2) is 0 Å². The molecule has 0 bridgehead atoms. The van der Waals surface area contributed by atoms with Crippen molar-refractivity contribution in [3.8, 4) is 0 Å². The maximum atomic E-state index is 3.72. The quantitative estimate of drug-likeness (QED) is 0.498. The molecule has 2 atom stereocenters. The molecule has 0 heterocycles. The fourth-order valence-corrected chi connectivity index (χ4v) is 9.27. The van der Waals surface area contributed by atoms with E-state index in [0.29, 0.717) is 7.25 Å². The molecule has 128 valence electrons. The molecule has 0 saturated heterocycles. The molecule has 2 aromatic rings. The van der Waals surface area contributed by atoms with Gasteiger partial charge in [-0.15, -0.1) is 0 Å². The minimum absolute atomic E-state index is 0. The van der Waals surface area contributed by atoms with Crippen molar-refractivity contribution in [3.63, 3.8) is 0 Å². The zero-order chi connectivity index (χ0) is 16.1. The first kappa shape index (κ1) is 21.6. The van der Waals surface area contributed by atoms with Crippen LogP contribution in [-0.4, -0.2) is 0 Å². The van der Waals surface area contributed by atoms with Crippen LogP contribution in [0.4, 0.5) is 0 Å². The minimum Gasteiger partial charge on any atom is -1.00 e. The van der Waals surface area contributed by atoms with Crippen molar-refractivity contribution in [3.05, 3.63) is 78.7 Å². The SMILES string of the molecule is CC1=Cc2c(Br)cccc2[CH]1[Zr+2][CH]1C(C)=Cc2c(Br)cccc21.[Cl-].[Cl-]. The molecule has 2 aliphatic carbocycles. The van der Waals surface area contributed by atoms with Crippen LogP contribution in [0.25, 0.3) is 12.2 Å². The van der Waals surface area contributed by atoms with Crippen LogP contribution in [0.2, 0.25) is 0 Å². The molecule has 5 heteroatoms. The molecular weight excluding hydrogens is 562 g/mol. The van der Waals surface area contributed by atoms with Crippen LogP contribution in [0, 0.1) is 0 Å². The summed E-state index contributed by atoms with van der Waals surface area (Å²) in [6.07, 6.45) is 4.78. The first-order chi connectivity index (χ1) is 11.1.